The molecule has 1 aliphatic rings. The number of nitro groups is 1. The van der Waals surface area contributed by atoms with Crippen molar-refractivity contribution in [3.8, 4) is 0 Å². The van der Waals surface area contributed by atoms with Crippen molar-refractivity contribution in [1.82, 2.24) is 0 Å². The van der Waals surface area contributed by atoms with Gasteiger partial charge in [-0.3, -0.25) is 14.9 Å². The van der Waals surface area contributed by atoms with Crippen molar-refractivity contribution in [2.75, 3.05) is 6.61 Å². The van der Waals surface area contributed by atoms with Gasteiger partial charge in [0.1, 0.15) is 6.61 Å². The van der Waals surface area contributed by atoms with Gasteiger partial charge in [-0.15, -0.1) is 0 Å². The first-order chi connectivity index (χ1) is 6.25. The summed E-state index contributed by atoms with van der Waals surface area (Å²) in [5.74, 6) is -0.0889. The van der Waals surface area contributed by atoms with Crippen molar-refractivity contribution in [2.45, 2.75) is 31.7 Å². The van der Waals surface area contributed by atoms with Gasteiger partial charge in [-0.05, 0) is 12.8 Å². The summed E-state index contributed by atoms with van der Waals surface area (Å²) in [6.07, 6.45) is 3.31. The first-order valence-electron chi connectivity index (χ1n) is 4.44. The molecule has 0 spiro atoms. The summed E-state index contributed by atoms with van der Waals surface area (Å²) in [5.41, 5.74) is 0. The third-order valence-electron chi connectivity index (χ3n) is 2.52. The molecule has 0 amide bonds. The normalized spacial score (nSPS) is 28.0. The van der Waals surface area contributed by atoms with Crippen molar-refractivity contribution >= 4 is 6.47 Å². The molecule has 74 valence electrons. The van der Waals surface area contributed by atoms with E-state index in [0.717, 1.165) is 19.3 Å². The average molecular weight is 187 g/mol. The van der Waals surface area contributed by atoms with Crippen LogP contribution in [0.1, 0.15) is 25.7 Å². The number of carbonyl (C=O) groups excluding carboxylic acids is 1. The van der Waals surface area contributed by atoms with Gasteiger partial charge in [0.25, 0.3) is 6.47 Å². The molecular formula is C8H13NO4. The molecule has 1 aliphatic carbocycles. The summed E-state index contributed by atoms with van der Waals surface area (Å²) in [4.78, 5) is 20.3. The predicted molar refractivity (Wildman–Crippen MR) is 44.8 cm³/mol. The molecule has 1 fully saturated rings. The summed E-state index contributed by atoms with van der Waals surface area (Å²) in [5, 5.41) is 10.6. The van der Waals surface area contributed by atoms with E-state index in [1.807, 2.05) is 0 Å². The van der Waals surface area contributed by atoms with E-state index < -0.39 is 6.04 Å². The second kappa shape index (κ2) is 4.79. The molecule has 0 saturated heterocycles. The Morgan fingerprint density at radius 1 is 1.46 bits per heavy atom. The molecule has 0 radical (unpaired) electrons. The predicted octanol–water partition coefficient (Wildman–Crippen LogP) is 0.995. The Balaban J connectivity index is 2.46. The lowest BCUT2D eigenvalue weighted by atomic mass is 9.85. The number of rotatable bonds is 4. The third-order valence-corrected chi connectivity index (χ3v) is 2.52. The molecule has 5 nitrogen and oxygen atoms in total. The van der Waals surface area contributed by atoms with Crippen LogP contribution in [0.5, 0.6) is 0 Å². The van der Waals surface area contributed by atoms with E-state index in [0.29, 0.717) is 12.9 Å². The van der Waals surface area contributed by atoms with Crippen molar-refractivity contribution in [2.24, 2.45) is 5.92 Å². The molecule has 0 heterocycles. The summed E-state index contributed by atoms with van der Waals surface area (Å²) in [7, 11) is 0. The van der Waals surface area contributed by atoms with E-state index in [1.165, 1.54) is 0 Å². The molecule has 0 aromatic rings. The van der Waals surface area contributed by atoms with Crippen LogP contribution in [0.15, 0.2) is 0 Å². The second-order valence-corrected chi connectivity index (χ2v) is 3.33. The molecule has 0 N–H and O–H groups in total. The van der Waals surface area contributed by atoms with Crippen LogP contribution in [0.4, 0.5) is 0 Å². The van der Waals surface area contributed by atoms with Crippen LogP contribution in [0.3, 0.4) is 0 Å². The molecule has 1 rings (SSSR count). The SMILES string of the molecule is O=COCC1CCCCC1[N+](=O)[O-]. The average Bonchev–Trinajstić information content (AvgIpc) is 2.15. The molecule has 2 atom stereocenters. The molecule has 0 bridgehead atoms. The Bertz CT molecular complexity index is 195. The summed E-state index contributed by atoms with van der Waals surface area (Å²) >= 11 is 0. The van der Waals surface area contributed by atoms with Gasteiger partial charge >= 0.3 is 0 Å². The zero-order valence-corrected chi connectivity index (χ0v) is 7.35. The minimum Gasteiger partial charge on any atom is -0.467 e. The zero-order chi connectivity index (χ0) is 9.68. The van der Waals surface area contributed by atoms with E-state index >= 15 is 0 Å². The van der Waals surface area contributed by atoms with Crippen molar-refractivity contribution in [3.63, 3.8) is 0 Å². The van der Waals surface area contributed by atoms with E-state index in [1.54, 1.807) is 0 Å². The Morgan fingerprint density at radius 2 is 2.15 bits per heavy atom. The zero-order valence-electron chi connectivity index (χ0n) is 7.35. The quantitative estimate of drug-likeness (QED) is 0.374. The van der Waals surface area contributed by atoms with E-state index in [9.17, 15) is 14.9 Å². The van der Waals surface area contributed by atoms with Gasteiger partial charge < -0.3 is 4.74 Å². The standard InChI is InChI=1S/C8H13NO4/c10-6-13-5-7-3-1-2-4-8(7)9(11)12/h6-8H,1-5H2. The van der Waals surface area contributed by atoms with Gasteiger partial charge in [0.2, 0.25) is 6.04 Å². The van der Waals surface area contributed by atoms with Crippen molar-refractivity contribution in [1.29, 1.82) is 0 Å². The Labute approximate surface area is 76.2 Å². The van der Waals surface area contributed by atoms with Gasteiger partial charge in [0.15, 0.2) is 0 Å². The third kappa shape index (κ3) is 2.68. The maximum absolute atomic E-state index is 10.6. The largest absolute Gasteiger partial charge is 0.467 e. The fourth-order valence-electron chi connectivity index (χ4n) is 1.82. The minimum atomic E-state index is -0.520. The van der Waals surface area contributed by atoms with Crippen LogP contribution in [0.25, 0.3) is 0 Å². The summed E-state index contributed by atoms with van der Waals surface area (Å²) in [6, 6.07) is -0.520. The fraction of sp³-hybridized carbons (Fsp3) is 0.875. The number of carbonyl (C=O) groups is 1. The van der Waals surface area contributed by atoms with Gasteiger partial charge in [-0.1, -0.05) is 6.42 Å². The van der Waals surface area contributed by atoms with E-state index in [2.05, 4.69) is 4.74 Å². The highest BCUT2D eigenvalue weighted by Crippen LogP contribution is 2.26. The smallest absolute Gasteiger partial charge is 0.293 e. The first-order valence-corrected chi connectivity index (χ1v) is 4.44. The second-order valence-electron chi connectivity index (χ2n) is 3.33. The highest BCUT2D eigenvalue weighted by molar-refractivity contribution is 5.36. The molecule has 0 aromatic carbocycles. The van der Waals surface area contributed by atoms with Crippen molar-refractivity contribution in [3.05, 3.63) is 10.1 Å². The first kappa shape index (κ1) is 9.95. The van der Waals surface area contributed by atoms with Gasteiger partial charge in [-0.25, -0.2) is 0 Å². The highest BCUT2D eigenvalue weighted by atomic mass is 16.6. The highest BCUT2D eigenvalue weighted by Gasteiger charge is 2.34. The summed E-state index contributed by atoms with van der Waals surface area (Å²) < 4.78 is 4.57. The molecule has 1 saturated carbocycles. The van der Waals surface area contributed by atoms with Crippen LogP contribution >= 0.6 is 0 Å². The maximum Gasteiger partial charge on any atom is 0.293 e. The lowest BCUT2D eigenvalue weighted by molar-refractivity contribution is -0.536. The molecule has 5 heteroatoms. The molecule has 13 heavy (non-hydrogen) atoms. The topological polar surface area (TPSA) is 69.4 Å². The monoisotopic (exact) mass is 187 g/mol. The van der Waals surface area contributed by atoms with Crippen LogP contribution in [-0.4, -0.2) is 24.0 Å². The lowest BCUT2D eigenvalue weighted by Gasteiger charge is -2.23. The molecule has 2 unspecified atom stereocenters. The Hall–Kier alpha value is -1.13. The lowest BCUT2D eigenvalue weighted by Crippen LogP contribution is -2.34. The van der Waals surface area contributed by atoms with Gasteiger partial charge in [0, 0.05) is 11.3 Å². The Morgan fingerprint density at radius 3 is 2.77 bits per heavy atom. The number of ether oxygens (including phenoxy) is 1. The summed E-state index contributed by atoms with van der Waals surface area (Å²) in [6.45, 7) is 0.542. The molecule has 0 aromatic heterocycles. The van der Waals surface area contributed by atoms with Crippen molar-refractivity contribution < 1.29 is 14.5 Å². The number of hydrogen-bond donors (Lipinski definition) is 0. The molecular weight excluding hydrogens is 174 g/mol. The Kier molecular flexibility index (Phi) is 3.67. The van der Waals surface area contributed by atoms with E-state index in [-0.39, 0.29) is 17.4 Å². The number of hydrogen-bond acceptors (Lipinski definition) is 4. The fourth-order valence-corrected chi connectivity index (χ4v) is 1.82. The van der Waals surface area contributed by atoms with Crippen LogP contribution < -0.4 is 0 Å². The van der Waals surface area contributed by atoms with Crippen LogP contribution in [0.2, 0.25) is 0 Å². The minimum absolute atomic E-state index is 0.0889. The number of nitrogens with zero attached hydrogens (tertiary/aromatic N) is 1. The maximum atomic E-state index is 10.6. The van der Waals surface area contributed by atoms with Gasteiger partial charge in [0.05, 0.1) is 5.92 Å². The van der Waals surface area contributed by atoms with E-state index in [4.69, 9.17) is 0 Å². The van der Waals surface area contributed by atoms with Crippen LogP contribution in [0, 0.1) is 16.0 Å². The van der Waals surface area contributed by atoms with Gasteiger partial charge in [-0.2, -0.15) is 0 Å². The molecule has 0 aliphatic heterocycles. The van der Waals surface area contributed by atoms with Crippen LogP contribution in [-0.2, 0) is 9.53 Å².